The molecule has 0 bridgehead atoms. The van der Waals surface area contributed by atoms with Gasteiger partial charge in [-0.15, -0.1) is 0 Å². The van der Waals surface area contributed by atoms with Crippen LogP contribution >= 0.6 is 7.82 Å². The molecule has 10 nitrogen and oxygen atoms in total. The van der Waals surface area contributed by atoms with Gasteiger partial charge in [0.1, 0.15) is 12.2 Å². The first-order valence-corrected chi connectivity index (χ1v) is 29.6. The average molecular weight is 959 g/mol. The van der Waals surface area contributed by atoms with E-state index in [9.17, 15) is 29.3 Å². The van der Waals surface area contributed by atoms with Gasteiger partial charge in [0.25, 0.3) is 0 Å². The van der Waals surface area contributed by atoms with Crippen LogP contribution in [0.4, 0.5) is 0 Å². The van der Waals surface area contributed by atoms with Gasteiger partial charge in [-0.3, -0.25) is 18.6 Å². The predicted octanol–water partition coefficient (Wildman–Crippen LogP) is 16.3. The monoisotopic (exact) mass is 959 g/mol. The number of ether oxygens (including phenoxy) is 2. The Morgan fingerprint density at radius 1 is 0.394 bits per heavy atom. The van der Waals surface area contributed by atoms with E-state index in [1.807, 2.05) is 0 Å². The van der Waals surface area contributed by atoms with E-state index in [1.54, 1.807) is 0 Å². The van der Waals surface area contributed by atoms with Crippen molar-refractivity contribution in [3.8, 4) is 0 Å². The molecule has 392 valence electrons. The molecule has 0 aliphatic heterocycles. The highest BCUT2D eigenvalue weighted by Crippen LogP contribution is 2.43. The fourth-order valence-corrected chi connectivity index (χ4v) is 9.19. The SMILES string of the molecule is CCCCCCCCCC/C=C\CCCCCCCCCCCCCC(=O)OC(CO)COP(=O)(O)OCC(CO)OC(=O)CCCCCCCCCCCCCCCCCCCCCC. The van der Waals surface area contributed by atoms with Crippen LogP contribution < -0.4 is 0 Å². The number of esters is 2. The summed E-state index contributed by atoms with van der Waals surface area (Å²) < 4.78 is 32.8. The molecule has 0 heterocycles. The maximum absolute atomic E-state index is 12.4. The Morgan fingerprint density at radius 2 is 0.621 bits per heavy atom. The van der Waals surface area contributed by atoms with Crippen LogP contribution in [0, 0.1) is 0 Å². The molecule has 0 saturated carbocycles. The fraction of sp³-hybridized carbons (Fsp3) is 0.927. The molecule has 0 spiro atoms. The third-order valence-corrected chi connectivity index (χ3v) is 13.7. The standard InChI is InChI=1S/C55H107O10P/c1-3-5-7-9-11-13-15-17-19-21-23-25-26-27-29-31-33-35-37-39-41-43-45-47-55(59)65-53(49-57)51-63-66(60,61)62-50-52(48-56)64-54(58)46-44-42-40-38-36-34-32-30-28-24-22-20-18-16-14-12-10-8-6-4-2/h21,23,52-53,56-57H,3-20,22,24-51H2,1-2H3,(H,60,61)/b23-21-. The van der Waals surface area contributed by atoms with Crippen molar-refractivity contribution in [1.82, 2.24) is 0 Å². The number of rotatable bonds is 54. The van der Waals surface area contributed by atoms with E-state index < -0.39 is 58.4 Å². The summed E-state index contributed by atoms with van der Waals surface area (Å²) in [5, 5.41) is 19.3. The summed E-state index contributed by atoms with van der Waals surface area (Å²) in [6, 6.07) is 0. The van der Waals surface area contributed by atoms with Crippen molar-refractivity contribution in [3.05, 3.63) is 12.2 Å². The highest BCUT2D eigenvalue weighted by Gasteiger charge is 2.27. The number of aliphatic hydroxyl groups excluding tert-OH is 2. The Bertz CT molecular complexity index is 1100. The van der Waals surface area contributed by atoms with Crippen LogP contribution in [-0.4, -0.2) is 65.7 Å². The Kier molecular flexibility index (Phi) is 50.5. The van der Waals surface area contributed by atoms with Crippen LogP contribution in [0.3, 0.4) is 0 Å². The second kappa shape index (κ2) is 51.6. The second-order valence-corrected chi connectivity index (χ2v) is 20.7. The van der Waals surface area contributed by atoms with Crippen molar-refractivity contribution >= 4 is 19.8 Å². The van der Waals surface area contributed by atoms with E-state index in [0.717, 1.165) is 38.5 Å². The number of phosphoric acid groups is 1. The van der Waals surface area contributed by atoms with E-state index in [2.05, 4.69) is 26.0 Å². The van der Waals surface area contributed by atoms with Crippen LogP contribution in [0.2, 0.25) is 0 Å². The Hall–Kier alpha value is -1.29. The first-order chi connectivity index (χ1) is 32.3. The van der Waals surface area contributed by atoms with Gasteiger partial charge in [-0.2, -0.15) is 0 Å². The van der Waals surface area contributed by atoms with Crippen LogP contribution in [0.25, 0.3) is 0 Å². The smallest absolute Gasteiger partial charge is 0.457 e. The summed E-state index contributed by atoms with van der Waals surface area (Å²) in [7, 11) is -4.64. The molecule has 0 radical (unpaired) electrons. The summed E-state index contributed by atoms with van der Waals surface area (Å²) in [4.78, 5) is 34.8. The molecule has 66 heavy (non-hydrogen) atoms. The van der Waals surface area contributed by atoms with Gasteiger partial charge >= 0.3 is 19.8 Å². The average Bonchev–Trinajstić information content (AvgIpc) is 3.31. The van der Waals surface area contributed by atoms with Gasteiger partial charge < -0.3 is 24.6 Å². The number of aliphatic hydroxyl groups is 2. The number of carbonyl (C=O) groups excluding carboxylic acids is 2. The highest BCUT2D eigenvalue weighted by molar-refractivity contribution is 7.47. The Morgan fingerprint density at radius 3 is 0.864 bits per heavy atom. The topological polar surface area (TPSA) is 149 Å². The van der Waals surface area contributed by atoms with E-state index >= 15 is 0 Å². The van der Waals surface area contributed by atoms with Crippen molar-refractivity contribution in [2.45, 2.75) is 302 Å². The number of unbranched alkanes of at least 4 members (excludes halogenated alkanes) is 38. The maximum Gasteiger partial charge on any atom is 0.472 e. The second-order valence-electron chi connectivity index (χ2n) is 19.3. The van der Waals surface area contributed by atoms with Crippen LogP contribution in [0.15, 0.2) is 12.2 Å². The molecular formula is C55H107O10P. The molecule has 0 aliphatic rings. The van der Waals surface area contributed by atoms with Gasteiger partial charge in [0.2, 0.25) is 0 Å². The summed E-state index contributed by atoms with van der Waals surface area (Å²) >= 11 is 0. The van der Waals surface area contributed by atoms with E-state index in [1.165, 1.54) is 212 Å². The number of hydrogen-bond donors (Lipinski definition) is 3. The molecule has 0 rings (SSSR count). The zero-order valence-corrected chi connectivity index (χ0v) is 44.1. The van der Waals surface area contributed by atoms with Crippen LogP contribution in [0.1, 0.15) is 290 Å². The molecule has 0 aromatic carbocycles. The van der Waals surface area contributed by atoms with Crippen molar-refractivity contribution in [3.63, 3.8) is 0 Å². The van der Waals surface area contributed by atoms with E-state index in [4.69, 9.17) is 18.5 Å². The van der Waals surface area contributed by atoms with Crippen molar-refractivity contribution in [1.29, 1.82) is 0 Å². The molecule has 0 aromatic rings. The first kappa shape index (κ1) is 64.7. The van der Waals surface area contributed by atoms with E-state index in [-0.39, 0.29) is 12.8 Å². The lowest BCUT2D eigenvalue weighted by molar-refractivity contribution is -0.153. The molecule has 0 saturated heterocycles. The zero-order valence-electron chi connectivity index (χ0n) is 43.2. The zero-order chi connectivity index (χ0) is 48.3. The molecule has 3 atom stereocenters. The Labute approximate surface area is 406 Å². The minimum atomic E-state index is -4.64. The minimum absolute atomic E-state index is 0.196. The Balaban J connectivity index is 3.76. The highest BCUT2D eigenvalue weighted by atomic mass is 31.2. The number of phosphoric ester groups is 1. The number of hydrogen-bond acceptors (Lipinski definition) is 9. The molecule has 0 fully saturated rings. The summed E-state index contributed by atoms with van der Waals surface area (Å²) in [5.41, 5.74) is 0. The quantitative estimate of drug-likeness (QED) is 0.0233. The van der Waals surface area contributed by atoms with Gasteiger partial charge in [0.05, 0.1) is 26.4 Å². The minimum Gasteiger partial charge on any atom is -0.457 e. The van der Waals surface area contributed by atoms with Gasteiger partial charge in [-0.25, -0.2) is 4.57 Å². The fourth-order valence-electron chi connectivity index (χ4n) is 8.41. The maximum atomic E-state index is 12.4. The third-order valence-electron chi connectivity index (χ3n) is 12.7. The molecule has 3 unspecified atom stereocenters. The molecular weight excluding hydrogens is 852 g/mol. The van der Waals surface area contributed by atoms with Gasteiger partial charge in [0.15, 0.2) is 0 Å². The molecule has 3 N–H and O–H groups in total. The number of carbonyl (C=O) groups is 2. The molecule has 0 aliphatic carbocycles. The normalized spacial score (nSPS) is 13.6. The molecule has 0 aromatic heterocycles. The van der Waals surface area contributed by atoms with Crippen LogP contribution in [-0.2, 0) is 32.7 Å². The lowest BCUT2D eigenvalue weighted by Crippen LogP contribution is -2.28. The van der Waals surface area contributed by atoms with Crippen molar-refractivity contribution in [2.24, 2.45) is 0 Å². The van der Waals surface area contributed by atoms with Gasteiger partial charge in [-0.05, 0) is 38.5 Å². The van der Waals surface area contributed by atoms with Crippen molar-refractivity contribution in [2.75, 3.05) is 26.4 Å². The van der Waals surface area contributed by atoms with Crippen molar-refractivity contribution < 1.29 is 47.8 Å². The summed E-state index contributed by atoms with van der Waals surface area (Å²) in [6.45, 7) is 2.28. The lowest BCUT2D eigenvalue weighted by atomic mass is 10.0. The first-order valence-electron chi connectivity index (χ1n) is 28.1. The third kappa shape index (κ3) is 49.1. The lowest BCUT2D eigenvalue weighted by Gasteiger charge is -2.20. The van der Waals surface area contributed by atoms with Gasteiger partial charge in [-0.1, -0.05) is 251 Å². The van der Waals surface area contributed by atoms with Gasteiger partial charge in [0, 0.05) is 12.8 Å². The molecule has 0 amide bonds. The summed E-state index contributed by atoms with van der Waals surface area (Å²) in [5.74, 6) is -1.00. The van der Waals surface area contributed by atoms with E-state index in [0.29, 0.717) is 12.8 Å². The number of allylic oxidation sites excluding steroid dienone is 2. The van der Waals surface area contributed by atoms with Crippen LogP contribution in [0.5, 0.6) is 0 Å². The molecule has 11 heteroatoms. The predicted molar refractivity (Wildman–Crippen MR) is 275 cm³/mol. The largest absolute Gasteiger partial charge is 0.472 e. The summed E-state index contributed by atoms with van der Waals surface area (Å²) in [6.07, 6.45) is 54.8.